The van der Waals surface area contributed by atoms with E-state index in [9.17, 15) is 33.0 Å². The minimum atomic E-state index is -3.40. The lowest BCUT2D eigenvalue weighted by Gasteiger charge is -2.27. The van der Waals surface area contributed by atoms with Crippen molar-refractivity contribution in [2.24, 2.45) is 0 Å². The Balaban J connectivity index is 1.35. The van der Waals surface area contributed by atoms with Gasteiger partial charge in [0.1, 0.15) is 16.9 Å². The first-order valence-corrected chi connectivity index (χ1v) is 15.6. The first-order chi connectivity index (χ1) is 20.6. The Bertz CT molecular complexity index is 1630. The minimum Gasteiger partial charge on any atom is -0.495 e. The number of aromatic carboxylic acids is 2. The number of aromatic nitrogens is 1. The number of anilines is 1. The molecule has 1 atom stereocenters. The highest BCUT2D eigenvalue weighted by atomic mass is 32.2. The fourth-order valence-electron chi connectivity index (χ4n) is 4.58. The smallest absolute Gasteiger partial charge is 0.343 e. The van der Waals surface area contributed by atoms with E-state index in [0.717, 1.165) is 24.5 Å². The Morgan fingerprint density at radius 3 is 2.33 bits per heavy atom. The molecule has 1 unspecified atom stereocenters. The summed E-state index contributed by atoms with van der Waals surface area (Å²) in [6.45, 7) is 0.975. The standard InChI is InChI=1S/C28H28N2O11S2/c1-38-24-19(26(32)33)8-9-20(22(24)27(34)35)41-21-14-29-28(42-21)30-25(31)23(40-16-10-12-39-13-11-16)15-2-4-17(5-3-15)43(36,37)18-6-7-18/h2-5,8-9,14,16,18,23H,6-7,10-13H2,1H3,(H,32,33)(H,34,35)(H,29,30,31). The van der Waals surface area contributed by atoms with E-state index in [2.05, 4.69) is 10.3 Å². The zero-order valence-electron chi connectivity index (χ0n) is 22.8. The molecule has 2 heterocycles. The molecule has 0 bridgehead atoms. The molecule has 13 nitrogen and oxygen atoms in total. The lowest BCUT2D eigenvalue weighted by molar-refractivity contribution is -0.136. The third-order valence-corrected chi connectivity index (χ3v) is 9.97. The summed E-state index contributed by atoms with van der Waals surface area (Å²) < 4.78 is 47.6. The number of hydrogen-bond donors (Lipinski definition) is 3. The number of hydrogen-bond acceptors (Lipinski definition) is 11. The first kappa shape index (κ1) is 30.4. The van der Waals surface area contributed by atoms with Crippen LogP contribution in [0.1, 0.15) is 58.1 Å². The van der Waals surface area contributed by atoms with Crippen molar-refractivity contribution in [1.82, 2.24) is 4.98 Å². The van der Waals surface area contributed by atoms with Crippen LogP contribution in [-0.2, 0) is 24.1 Å². The summed E-state index contributed by atoms with van der Waals surface area (Å²) in [5.74, 6) is -3.94. The Morgan fingerprint density at radius 2 is 1.72 bits per heavy atom. The predicted octanol–water partition coefficient (Wildman–Crippen LogP) is 4.15. The van der Waals surface area contributed by atoms with Gasteiger partial charge in [-0.3, -0.25) is 10.1 Å². The second-order valence-corrected chi connectivity index (χ2v) is 13.1. The fraction of sp³-hybridized carbons (Fsp3) is 0.357. The normalized spacial score (nSPS) is 16.3. The molecule has 1 amide bonds. The Morgan fingerprint density at radius 1 is 1.02 bits per heavy atom. The number of sulfone groups is 1. The van der Waals surface area contributed by atoms with Gasteiger partial charge >= 0.3 is 11.9 Å². The molecule has 0 radical (unpaired) electrons. The number of ether oxygens (including phenoxy) is 4. The topological polar surface area (TPSA) is 188 Å². The average Bonchev–Trinajstić information content (AvgIpc) is 3.77. The van der Waals surface area contributed by atoms with Crippen molar-refractivity contribution in [2.75, 3.05) is 25.6 Å². The van der Waals surface area contributed by atoms with Gasteiger partial charge in [0.2, 0.25) is 5.06 Å². The molecule has 5 rings (SSSR count). The van der Waals surface area contributed by atoms with Gasteiger partial charge in [-0.15, -0.1) is 0 Å². The van der Waals surface area contributed by atoms with Crippen molar-refractivity contribution in [3.8, 4) is 16.6 Å². The van der Waals surface area contributed by atoms with Crippen LogP contribution in [0.3, 0.4) is 0 Å². The molecule has 228 valence electrons. The van der Waals surface area contributed by atoms with Gasteiger partial charge in [-0.05, 0) is 55.5 Å². The fourth-order valence-corrected chi connectivity index (χ4v) is 6.92. The number of thiazole rings is 1. The predicted molar refractivity (Wildman–Crippen MR) is 152 cm³/mol. The van der Waals surface area contributed by atoms with Crippen molar-refractivity contribution in [3.05, 3.63) is 59.3 Å². The van der Waals surface area contributed by atoms with E-state index in [0.29, 0.717) is 44.5 Å². The average molecular weight is 633 g/mol. The Labute approximate surface area is 250 Å². The second-order valence-electron chi connectivity index (χ2n) is 9.85. The highest BCUT2D eigenvalue weighted by Gasteiger charge is 2.37. The maximum absolute atomic E-state index is 13.5. The lowest BCUT2D eigenvalue weighted by atomic mass is 10.1. The molecule has 1 saturated carbocycles. The van der Waals surface area contributed by atoms with Gasteiger partial charge in [-0.25, -0.2) is 23.0 Å². The van der Waals surface area contributed by atoms with Gasteiger partial charge in [0.15, 0.2) is 26.8 Å². The number of carbonyl (C=O) groups is 3. The molecule has 1 saturated heterocycles. The molecule has 1 aliphatic carbocycles. The number of rotatable bonds is 12. The zero-order chi connectivity index (χ0) is 30.7. The van der Waals surface area contributed by atoms with E-state index in [-0.39, 0.29) is 43.5 Å². The quantitative estimate of drug-likeness (QED) is 0.259. The van der Waals surface area contributed by atoms with Crippen LogP contribution < -0.4 is 14.8 Å². The molecule has 3 N–H and O–H groups in total. The van der Waals surface area contributed by atoms with E-state index in [1.165, 1.54) is 24.4 Å². The first-order valence-electron chi connectivity index (χ1n) is 13.3. The highest BCUT2D eigenvalue weighted by molar-refractivity contribution is 7.92. The molecule has 2 aromatic carbocycles. The second kappa shape index (κ2) is 12.7. The van der Waals surface area contributed by atoms with E-state index < -0.39 is 39.4 Å². The van der Waals surface area contributed by atoms with E-state index >= 15 is 0 Å². The van der Waals surface area contributed by atoms with Crippen LogP contribution in [0, 0.1) is 0 Å². The molecule has 43 heavy (non-hydrogen) atoms. The summed E-state index contributed by atoms with van der Waals surface area (Å²) in [4.78, 5) is 41.2. The van der Waals surface area contributed by atoms with Crippen molar-refractivity contribution < 1.29 is 52.0 Å². The summed E-state index contributed by atoms with van der Waals surface area (Å²) in [5, 5.41) is 21.6. The Kier molecular flexibility index (Phi) is 8.96. The lowest BCUT2D eigenvalue weighted by Crippen LogP contribution is -2.31. The summed E-state index contributed by atoms with van der Waals surface area (Å²) >= 11 is 0.905. The van der Waals surface area contributed by atoms with Crippen LogP contribution in [0.2, 0.25) is 0 Å². The van der Waals surface area contributed by atoms with E-state index in [1.54, 1.807) is 12.1 Å². The SMILES string of the molecule is COc1c(C(=O)O)ccc(Oc2cnc(NC(=O)C(OC3CCOCC3)c3ccc(S(=O)(=O)C4CC4)cc3)s2)c1C(=O)O. The zero-order valence-corrected chi connectivity index (χ0v) is 24.5. The van der Waals surface area contributed by atoms with Gasteiger partial charge in [0.05, 0.1) is 29.6 Å². The van der Waals surface area contributed by atoms with Crippen LogP contribution in [0.4, 0.5) is 5.13 Å². The number of nitrogens with zero attached hydrogens (tertiary/aromatic N) is 1. The molecule has 1 aromatic heterocycles. The summed E-state index contributed by atoms with van der Waals surface area (Å²) in [6, 6.07) is 8.45. The third kappa shape index (κ3) is 6.80. The number of nitrogens with one attached hydrogen (secondary N) is 1. The van der Waals surface area contributed by atoms with Gasteiger partial charge in [0.25, 0.3) is 5.91 Å². The van der Waals surface area contributed by atoms with Crippen molar-refractivity contribution >= 4 is 44.2 Å². The number of benzene rings is 2. The summed E-state index contributed by atoms with van der Waals surface area (Å²) in [6.07, 6.45) is 2.38. The summed E-state index contributed by atoms with van der Waals surface area (Å²) in [7, 11) is -2.25. The maximum Gasteiger partial charge on any atom is 0.343 e. The molecule has 2 fully saturated rings. The minimum absolute atomic E-state index is 0.111. The largest absolute Gasteiger partial charge is 0.495 e. The number of carboxylic acids is 2. The number of carbonyl (C=O) groups excluding carboxylic acids is 1. The molecular weight excluding hydrogens is 604 g/mol. The third-order valence-electron chi connectivity index (χ3n) is 6.90. The van der Waals surface area contributed by atoms with Gasteiger partial charge < -0.3 is 29.2 Å². The van der Waals surface area contributed by atoms with Gasteiger partial charge in [0, 0.05) is 13.2 Å². The van der Waals surface area contributed by atoms with Crippen LogP contribution in [0.15, 0.2) is 47.5 Å². The summed E-state index contributed by atoms with van der Waals surface area (Å²) in [5.41, 5.74) is -0.375. The molecule has 0 spiro atoms. The molecule has 15 heteroatoms. The number of amides is 1. The van der Waals surface area contributed by atoms with Crippen molar-refractivity contribution in [2.45, 2.75) is 48.0 Å². The van der Waals surface area contributed by atoms with E-state index in [1.807, 2.05) is 0 Å². The monoisotopic (exact) mass is 632 g/mol. The van der Waals surface area contributed by atoms with Gasteiger partial charge in [-0.1, -0.05) is 23.5 Å². The molecule has 1 aliphatic heterocycles. The number of carboxylic acid groups (broad SMARTS) is 2. The van der Waals surface area contributed by atoms with Gasteiger partial charge in [-0.2, -0.15) is 0 Å². The number of methoxy groups -OCH3 is 1. The van der Waals surface area contributed by atoms with Crippen LogP contribution in [-0.4, -0.2) is 73.1 Å². The Hall–Kier alpha value is -4.05. The molecule has 3 aromatic rings. The molecular formula is C28H28N2O11S2. The van der Waals surface area contributed by atoms with Crippen LogP contribution in [0.5, 0.6) is 16.6 Å². The molecule has 2 aliphatic rings. The maximum atomic E-state index is 13.5. The van der Waals surface area contributed by atoms with Crippen LogP contribution >= 0.6 is 11.3 Å². The van der Waals surface area contributed by atoms with Crippen LogP contribution in [0.25, 0.3) is 0 Å². The van der Waals surface area contributed by atoms with E-state index in [4.69, 9.17) is 18.9 Å². The van der Waals surface area contributed by atoms with Crippen molar-refractivity contribution in [3.63, 3.8) is 0 Å². The highest BCUT2D eigenvalue weighted by Crippen LogP contribution is 2.38. The van der Waals surface area contributed by atoms with Crippen molar-refractivity contribution in [1.29, 1.82) is 0 Å².